The molecule has 3 aromatic rings. The molecule has 4 rings (SSSR count). The topological polar surface area (TPSA) is 45.7 Å². The van der Waals surface area contributed by atoms with E-state index in [1.165, 1.54) is 36.3 Å². The number of benzene rings is 2. The second kappa shape index (κ2) is 10.5. The second-order valence-electron chi connectivity index (χ2n) is 8.44. The minimum Gasteiger partial charge on any atom is -0.481 e. The van der Waals surface area contributed by atoms with Crippen LogP contribution in [0.15, 0.2) is 73.8 Å². The van der Waals surface area contributed by atoms with Gasteiger partial charge in [-0.1, -0.05) is 12.2 Å². The third-order valence-electron chi connectivity index (χ3n) is 6.08. The molecule has 1 amide bonds. The van der Waals surface area contributed by atoms with Gasteiger partial charge in [0.1, 0.15) is 12.5 Å². The molecule has 37 heavy (non-hydrogen) atoms. The number of nitrogens with zero attached hydrogens (tertiary/aromatic N) is 3. The summed E-state index contributed by atoms with van der Waals surface area (Å²) < 4.78 is 60.2. The number of aromatic nitrogens is 1. The van der Waals surface area contributed by atoms with Crippen molar-refractivity contribution in [1.82, 2.24) is 4.98 Å². The number of amides is 1. The Morgan fingerprint density at radius 3 is 2.43 bits per heavy atom. The largest absolute Gasteiger partial charge is 0.481 e. The van der Waals surface area contributed by atoms with E-state index in [0.29, 0.717) is 41.4 Å². The van der Waals surface area contributed by atoms with E-state index in [1.807, 2.05) is 0 Å². The number of carbonyl (C=O) groups is 1. The maximum atomic E-state index is 14.1. The molecule has 1 aliphatic rings. The molecule has 0 spiro atoms. The first kappa shape index (κ1) is 25.9. The van der Waals surface area contributed by atoms with Crippen LogP contribution in [0.25, 0.3) is 0 Å². The summed E-state index contributed by atoms with van der Waals surface area (Å²) in [6, 6.07) is 10.4. The Balaban J connectivity index is 1.92. The Hall–Kier alpha value is -4.14. The molecule has 2 heterocycles. The van der Waals surface area contributed by atoms with E-state index in [2.05, 4.69) is 18.1 Å². The van der Waals surface area contributed by atoms with Crippen molar-refractivity contribution in [3.63, 3.8) is 0 Å². The number of anilines is 3. The van der Waals surface area contributed by atoms with Crippen molar-refractivity contribution in [2.45, 2.75) is 25.4 Å². The van der Waals surface area contributed by atoms with Crippen LogP contribution in [0.3, 0.4) is 0 Å². The molecule has 0 atom stereocenters. The summed E-state index contributed by atoms with van der Waals surface area (Å²) >= 11 is 0. The molecule has 2 aromatic carbocycles. The molecule has 0 saturated heterocycles. The van der Waals surface area contributed by atoms with Crippen molar-refractivity contribution in [3.8, 4) is 5.88 Å². The van der Waals surface area contributed by atoms with Gasteiger partial charge in [-0.2, -0.15) is 13.2 Å². The molecule has 192 valence electrons. The van der Waals surface area contributed by atoms with E-state index in [-0.39, 0.29) is 24.3 Å². The molecule has 0 aliphatic carbocycles. The van der Waals surface area contributed by atoms with E-state index < -0.39 is 23.5 Å². The van der Waals surface area contributed by atoms with E-state index in [9.17, 15) is 22.4 Å². The second-order valence-corrected chi connectivity index (χ2v) is 8.44. The van der Waals surface area contributed by atoms with Crippen LogP contribution in [0, 0.1) is 5.82 Å². The van der Waals surface area contributed by atoms with Crippen LogP contribution in [0.2, 0.25) is 0 Å². The lowest BCUT2D eigenvalue weighted by molar-refractivity contribution is -0.137. The maximum absolute atomic E-state index is 14.1. The van der Waals surface area contributed by atoms with E-state index >= 15 is 0 Å². The Morgan fingerprint density at radius 1 is 1.00 bits per heavy atom. The fourth-order valence-electron chi connectivity index (χ4n) is 4.32. The molecule has 5 nitrogen and oxygen atoms in total. The number of pyridine rings is 1. The monoisotopic (exact) mass is 511 g/mol. The molecule has 9 heteroatoms. The number of ether oxygens (including phenoxy) is 1. The fourth-order valence-corrected chi connectivity index (χ4v) is 4.32. The smallest absolute Gasteiger partial charge is 0.416 e. The van der Waals surface area contributed by atoms with Crippen LogP contribution in [-0.4, -0.2) is 24.7 Å². The number of alkyl halides is 3. The van der Waals surface area contributed by atoms with Crippen LogP contribution in [-0.2, 0) is 19.0 Å². The molecule has 1 aromatic heterocycles. The zero-order chi connectivity index (χ0) is 26.7. The summed E-state index contributed by atoms with van der Waals surface area (Å²) in [4.78, 5) is 21.2. The number of fused-ring (bicyclic) bond motifs is 1. The molecular formula is C28H25F4N3O2. The summed E-state index contributed by atoms with van der Waals surface area (Å²) in [7, 11) is 1.48. The van der Waals surface area contributed by atoms with Gasteiger partial charge in [-0.3, -0.25) is 9.69 Å². The van der Waals surface area contributed by atoms with Crippen LogP contribution in [0.4, 0.5) is 34.6 Å². The molecule has 1 aliphatic heterocycles. The standard InChI is InChI=1S/C28H25F4N3O2/c1-4-6-8-22-24(13-14-26(33-22)37-3)35-17-34(23-12-10-20(29)15-18(23)7-5-2)25-16-19(28(30,31)32)9-11-21(25)27(35)36/h4-5,9-16H,1-2,6-8,17H2,3H3. The van der Waals surface area contributed by atoms with Gasteiger partial charge in [0.05, 0.1) is 35.3 Å². The van der Waals surface area contributed by atoms with Gasteiger partial charge in [0, 0.05) is 11.8 Å². The first-order valence-electron chi connectivity index (χ1n) is 11.5. The number of aryl methyl sites for hydroxylation is 1. The van der Waals surface area contributed by atoms with Crippen LogP contribution in [0.5, 0.6) is 5.88 Å². The molecule has 0 bridgehead atoms. The van der Waals surface area contributed by atoms with Crippen molar-refractivity contribution in [2.24, 2.45) is 0 Å². The number of allylic oxidation sites excluding steroid dienone is 2. The number of carbonyl (C=O) groups excluding carboxylic acids is 1. The van der Waals surface area contributed by atoms with Crippen LogP contribution < -0.4 is 14.5 Å². The van der Waals surface area contributed by atoms with Gasteiger partial charge >= 0.3 is 6.18 Å². The van der Waals surface area contributed by atoms with Crippen LogP contribution in [0.1, 0.15) is 33.6 Å². The van der Waals surface area contributed by atoms with E-state index in [4.69, 9.17) is 4.74 Å². The Kier molecular flexibility index (Phi) is 7.33. The third-order valence-corrected chi connectivity index (χ3v) is 6.08. The lowest BCUT2D eigenvalue weighted by Crippen LogP contribution is -2.46. The van der Waals surface area contributed by atoms with Gasteiger partial charge in [0.2, 0.25) is 5.88 Å². The number of rotatable bonds is 8. The van der Waals surface area contributed by atoms with E-state index in [1.54, 1.807) is 29.2 Å². The fraction of sp³-hybridized carbons (Fsp3) is 0.214. The van der Waals surface area contributed by atoms with Crippen molar-refractivity contribution in [3.05, 3.63) is 102 Å². The lowest BCUT2D eigenvalue weighted by atomic mass is 10.0. The van der Waals surface area contributed by atoms with Gasteiger partial charge in [-0.05, 0) is 67.3 Å². The highest BCUT2D eigenvalue weighted by Gasteiger charge is 2.37. The lowest BCUT2D eigenvalue weighted by Gasteiger charge is -2.39. The summed E-state index contributed by atoms with van der Waals surface area (Å²) in [5.74, 6) is -0.591. The highest BCUT2D eigenvalue weighted by atomic mass is 19.4. The minimum atomic E-state index is -4.61. The van der Waals surface area contributed by atoms with E-state index in [0.717, 1.165) is 12.1 Å². The van der Waals surface area contributed by atoms with Gasteiger partial charge in [0.15, 0.2) is 0 Å². The molecule has 0 saturated carbocycles. The van der Waals surface area contributed by atoms with Crippen LogP contribution >= 0.6 is 0 Å². The molecule has 0 N–H and O–H groups in total. The molecule has 0 radical (unpaired) electrons. The SMILES string of the molecule is C=CCCc1nc(OC)ccc1N1CN(c2ccc(F)cc2CC=C)c2cc(C(F)(F)F)ccc2C1=O. The zero-order valence-electron chi connectivity index (χ0n) is 20.2. The number of hydrogen-bond acceptors (Lipinski definition) is 4. The predicted octanol–water partition coefficient (Wildman–Crippen LogP) is 6.85. The summed E-state index contributed by atoms with van der Waals surface area (Å²) in [5, 5.41) is 0. The van der Waals surface area contributed by atoms with Gasteiger partial charge in [-0.25, -0.2) is 9.37 Å². The van der Waals surface area contributed by atoms with Gasteiger partial charge in [0.25, 0.3) is 5.91 Å². The molecule has 0 unspecified atom stereocenters. The molecule has 0 fully saturated rings. The number of methoxy groups -OCH3 is 1. The van der Waals surface area contributed by atoms with Crippen molar-refractivity contribution < 1.29 is 27.1 Å². The first-order valence-corrected chi connectivity index (χ1v) is 11.5. The minimum absolute atomic E-state index is 0.0821. The Labute approximate surface area is 212 Å². The van der Waals surface area contributed by atoms with Crippen molar-refractivity contribution in [1.29, 1.82) is 0 Å². The zero-order valence-corrected chi connectivity index (χ0v) is 20.2. The van der Waals surface area contributed by atoms with Gasteiger partial charge in [-0.15, -0.1) is 13.2 Å². The molecular weight excluding hydrogens is 486 g/mol. The number of halogens is 4. The number of hydrogen-bond donors (Lipinski definition) is 0. The highest BCUT2D eigenvalue weighted by Crippen LogP contribution is 2.41. The predicted molar refractivity (Wildman–Crippen MR) is 135 cm³/mol. The summed E-state index contributed by atoms with van der Waals surface area (Å²) in [5.41, 5.74) is 1.34. The first-order chi connectivity index (χ1) is 17.7. The van der Waals surface area contributed by atoms with Crippen molar-refractivity contribution >= 4 is 23.0 Å². The average molecular weight is 512 g/mol. The summed E-state index contributed by atoms with van der Waals surface area (Å²) in [6.45, 7) is 7.34. The normalized spacial score (nSPS) is 13.4. The third kappa shape index (κ3) is 5.21. The van der Waals surface area contributed by atoms with Crippen molar-refractivity contribution in [2.75, 3.05) is 23.6 Å². The Morgan fingerprint density at radius 2 is 1.76 bits per heavy atom. The van der Waals surface area contributed by atoms with Gasteiger partial charge < -0.3 is 9.64 Å². The Bertz CT molecular complexity index is 1350. The highest BCUT2D eigenvalue weighted by molar-refractivity contribution is 6.13. The average Bonchev–Trinajstić information content (AvgIpc) is 2.87. The quantitative estimate of drug-likeness (QED) is 0.245. The maximum Gasteiger partial charge on any atom is 0.416 e. The summed E-state index contributed by atoms with van der Waals surface area (Å²) in [6.07, 6.45) is 0.0397.